The van der Waals surface area contributed by atoms with Crippen LogP contribution in [0.25, 0.3) is 11.0 Å². The van der Waals surface area contributed by atoms with Crippen molar-refractivity contribution in [1.29, 1.82) is 0 Å². The van der Waals surface area contributed by atoms with Crippen LogP contribution in [0.5, 0.6) is 5.75 Å². The molecular formula is C17H18O5. The van der Waals surface area contributed by atoms with Crippen molar-refractivity contribution >= 4 is 16.9 Å². The monoisotopic (exact) mass is 302 g/mol. The van der Waals surface area contributed by atoms with Gasteiger partial charge in [-0.1, -0.05) is 0 Å². The Kier molecular flexibility index (Phi) is 3.43. The van der Waals surface area contributed by atoms with Crippen LogP contribution < -0.4 is 10.4 Å². The lowest BCUT2D eigenvalue weighted by Crippen LogP contribution is -2.32. The Morgan fingerprint density at radius 1 is 1.32 bits per heavy atom. The average molecular weight is 302 g/mol. The van der Waals surface area contributed by atoms with E-state index in [1.807, 2.05) is 19.9 Å². The SMILES string of the molecule is CCOC(=O)c1cc2cc3c(cc2oc1=O)OC(C)(C)CC3. The zero-order valence-electron chi connectivity index (χ0n) is 12.9. The number of ether oxygens (including phenoxy) is 2. The number of esters is 1. The molecule has 1 aromatic carbocycles. The first-order valence-corrected chi connectivity index (χ1v) is 7.36. The molecule has 2 heterocycles. The first kappa shape index (κ1) is 14.6. The fraction of sp³-hybridized carbons (Fsp3) is 0.412. The van der Waals surface area contributed by atoms with Crippen LogP contribution in [-0.2, 0) is 11.2 Å². The number of carbonyl (C=O) groups is 1. The molecular weight excluding hydrogens is 284 g/mol. The Labute approximate surface area is 127 Å². The lowest BCUT2D eigenvalue weighted by molar-refractivity contribution is 0.0522. The minimum atomic E-state index is -0.694. The van der Waals surface area contributed by atoms with Crippen molar-refractivity contribution in [2.75, 3.05) is 6.61 Å². The third-order valence-corrected chi connectivity index (χ3v) is 3.79. The van der Waals surface area contributed by atoms with Gasteiger partial charge >= 0.3 is 11.6 Å². The highest BCUT2D eigenvalue weighted by molar-refractivity contribution is 5.93. The number of hydrogen-bond acceptors (Lipinski definition) is 5. The molecule has 116 valence electrons. The molecule has 5 nitrogen and oxygen atoms in total. The van der Waals surface area contributed by atoms with Crippen LogP contribution in [0.1, 0.15) is 43.1 Å². The van der Waals surface area contributed by atoms with Gasteiger partial charge < -0.3 is 13.9 Å². The Bertz CT molecular complexity index is 801. The fourth-order valence-electron chi connectivity index (χ4n) is 2.62. The predicted molar refractivity (Wildman–Crippen MR) is 81.5 cm³/mol. The number of benzene rings is 1. The number of aryl methyl sites for hydroxylation is 1. The third-order valence-electron chi connectivity index (χ3n) is 3.79. The van der Waals surface area contributed by atoms with Crippen LogP contribution in [0.3, 0.4) is 0 Å². The molecule has 1 aliphatic rings. The van der Waals surface area contributed by atoms with E-state index in [1.165, 1.54) is 6.07 Å². The summed E-state index contributed by atoms with van der Waals surface area (Å²) in [4.78, 5) is 23.7. The van der Waals surface area contributed by atoms with Gasteiger partial charge in [-0.25, -0.2) is 9.59 Å². The van der Waals surface area contributed by atoms with E-state index < -0.39 is 11.6 Å². The van der Waals surface area contributed by atoms with Crippen molar-refractivity contribution in [3.63, 3.8) is 0 Å². The lowest BCUT2D eigenvalue weighted by atomic mass is 9.93. The largest absolute Gasteiger partial charge is 0.487 e. The first-order valence-electron chi connectivity index (χ1n) is 7.36. The van der Waals surface area contributed by atoms with Crippen LogP contribution in [0.15, 0.2) is 27.4 Å². The van der Waals surface area contributed by atoms with Gasteiger partial charge in [0, 0.05) is 11.5 Å². The normalized spacial score (nSPS) is 16.0. The average Bonchev–Trinajstić information content (AvgIpc) is 2.44. The summed E-state index contributed by atoms with van der Waals surface area (Å²) in [6.07, 6.45) is 1.79. The Morgan fingerprint density at radius 2 is 2.09 bits per heavy atom. The van der Waals surface area contributed by atoms with Gasteiger partial charge in [-0.3, -0.25) is 0 Å². The quantitative estimate of drug-likeness (QED) is 0.630. The van der Waals surface area contributed by atoms with E-state index >= 15 is 0 Å². The van der Waals surface area contributed by atoms with Crippen molar-refractivity contribution in [2.45, 2.75) is 39.2 Å². The molecule has 0 saturated carbocycles. The first-order chi connectivity index (χ1) is 10.4. The molecule has 0 saturated heterocycles. The fourth-order valence-corrected chi connectivity index (χ4v) is 2.62. The van der Waals surface area contributed by atoms with Crippen molar-refractivity contribution in [2.24, 2.45) is 0 Å². The second kappa shape index (κ2) is 5.16. The molecule has 0 bridgehead atoms. The van der Waals surface area contributed by atoms with Crippen molar-refractivity contribution in [3.8, 4) is 5.75 Å². The predicted octanol–water partition coefficient (Wildman–Crippen LogP) is 3.07. The number of carbonyl (C=O) groups excluding carboxylic acids is 1. The molecule has 0 amide bonds. The van der Waals surface area contributed by atoms with Gasteiger partial charge in [0.1, 0.15) is 22.5 Å². The molecule has 2 aromatic rings. The second-order valence-corrected chi connectivity index (χ2v) is 6.03. The third kappa shape index (κ3) is 2.58. The Balaban J connectivity index is 2.11. The zero-order valence-corrected chi connectivity index (χ0v) is 12.9. The van der Waals surface area contributed by atoms with Gasteiger partial charge in [0.2, 0.25) is 0 Å². The maximum absolute atomic E-state index is 11.9. The Hall–Kier alpha value is -2.30. The standard InChI is InChI=1S/C17H18O5/c1-4-20-15(18)12-8-11-7-10-5-6-17(2,3)22-14(10)9-13(11)21-16(12)19/h7-9H,4-6H2,1-3H3. The van der Waals surface area contributed by atoms with Gasteiger partial charge in [0.25, 0.3) is 0 Å². The molecule has 3 rings (SSSR count). The molecule has 5 heteroatoms. The molecule has 1 aromatic heterocycles. The second-order valence-electron chi connectivity index (χ2n) is 6.03. The molecule has 0 N–H and O–H groups in total. The molecule has 22 heavy (non-hydrogen) atoms. The number of hydrogen-bond donors (Lipinski definition) is 0. The highest BCUT2D eigenvalue weighted by Gasteiger charge is 2.27. The molecule has 0 atom stereocenters. The van der Waals surface area contributed by atoms with Crippen molar-refractivity contribution < 1.29 is 18.7 Å². The maximum atomic E-state index is 11.9. The van der Waals surface area contributed by atoms with Crippen LogP contribution in [0.2, 0.25) is 0 Å². The zero-order chi connectivity index (χ0) is 15.9. The lowest BCUT2D eigenvalue weighted by Gasteiger charge is -2.32. The molecule has 0 unspecified atom stereocenters. The molecule has 0 spiro atoms. The van der Waals surface area contributed by atoms with E-state index in [1.54, 1.807) is 13.0 Å². The molecule has 1 aliphatic heterocycles. The summed E-state index contributed by atoms with van der Waals surface area (Å²) in [5.74, 6) is 0.0732. The van der Waals surface area contributed by atoms with Gasteiger partial charge in [-0.15, -0.1) is 0 Å². The van der Waals surface area contributed by atoms with Crippen LogP contribution in [0, 0.1) is 0 Å². The van der Waals surface area contributed by atoms with Crippen molar-refractivity contribution in [1.82, 2.24) is 0 Å². The highest BCUT2D eigenvalue weighted by Crippen LogP contribution is 2.35. The summed E-state index contributed by atoms with van der Waals surface area (Å²) in [6.45, 7) is 5.96. The summed E-state index contributed by atoms with van der Waals surface area (Å²) in [5, 5.41) is 0.699. The van der Waals surface area contributed by atoms with E-state index in [0.29, 0.717) is 11.0 Å². The molecule has 0 aliphatic carbocycles. The number of rotatable bonds is 2. The number of fused-ring (bicyclic) bond motifs is 2. The summed E-state index contributed by atoms with van der Waals surface area (Å²) in [5.41, 5.74) is 0.462. The topological polar surface area (TPSA) is 65.7 Å². The minimum Gasteiger partial charge on any atom is -0.487 e. The van der Waals surface area contributed by atoms with Crippen LogP contribution in [-0.4, -0.2) is 18.2 Å². The molecule has 0 radical (unpaired) electrons. The highest BCUT2D eigenvalue weighted by atomic mass is 16.5. The summed E-state index contributed by atoms with van der Waals surface area (Å²) < 4.78 is 16.1. The maximum Gasteiger partial charge on any atom is 0.351 e. The van der Waals surface area contributed by atoms with Gasteiger partial charge in [0.05, 0.1) is 6.61 Å². The van der Waals surface area contributed by atoms with Gasteiger partial charge in [-0.2, -0.15) is 0 Å². The van der Waals surface area contributed by atoms with E-state index in [0.717, 1.165) is 24.2 Å². The van der Waals surface area contributed by atoms with E-state index in [-0.39, 0.29) is 17.8 Å². The van der Waals surface area contributed by atoms with Crippen LogP contribution in [0.4, 0.5) is 0 Å². The minimum absolute atomic E-state index is 0.0774. The van der Waals surface area contributed by atoms with Gasteiger partial charge in [0.15, 0.2) is 0 Å². The smallest absolute Gasteiger partial charge is 0.351 e. The van der Waals surface area contributed by atoms with E-state index in [2.05, 4.69) is 0 Å². The van der Waals surface area contributed by atoms with Crippen molar-refractivity contribution in [3.05, 3.63) is 39.7 Å². The summed E-state index contributed by atoms with van der Waals surface area (Å²) >= 11 is 0. The van der Waals surface area contributed by atoms with E-state index in [9.17, 15) is 9.59 Å². The Morgan fingerprint density at radius 3 is 2.82 bits per heavy atom. The van der Waals surface area contributed by atoms with Gasteiger partial charge in [-0.05, 0) is 51.3 Å². The summed E-state index contributed by atoms with van der Waals surface area (Å²) in [7, 11) is 0. The molecule has 0 fully saturated rings. The van der Waals surface area contributed by atoms with E-state index in [4.69, 9.17) is 13.9 Å². The van der Waals surface area contributed by atoms with Crippen LogP contribution >= 0.6 is 0 Å². The summed E-state index contributed by atoms with van der Waals surface area (Å²) in [6, 6.07) is 5.16.